The van der Waals surface area contributed by atoms with E-state index in [1.54, 1.807) is 0 Å². The third kappa shape index (κ3) is 19.1. The van der Waals surface area contributed by atoms with Crippen molar-refractivity contribution in [3.8, 4) is 17.2 Å². The minimum atomic E-state index is -4.47. The third-order valence-electron chi connectivity index (χ3n) is 9.45. The number of benzene rings is 3. The minimum Gasteiger partial charge on any atom is -0.434 e. The number of carbonyl (C=O) groups is 3. The van der Waals surface area contributed by atoms with E-state index in [0.29, 0.717) is 6.42 Å². The molecule has 2 atom stereocenters. The number of ether oxygens (including phenoxy) is 6. The number of carbonyl (C=O) groups excluding carboxylic acids is 3. The summed E-state index contributed by atoms with van der Waals surface area (Å²) >= 11 is 0. The third-order valence-corrected chi connectivity index (χ3v) is 13.1. The van der Waals surface area contributed by atoms with Crippen molar-refractivity contribution < 1.29 is 81.7 Å². The summed E-state index contributed by atoms with van der Waals surface area (Å²) in [6.45, 7) is 1.61. The molecule has 0 radical (unpaired) electrons. The Morgan fingerprint density at radius 1 is 0.508 bits per heavy atom. The lowest BCUT2D eigenvalue weighted by Crippen LogP contribution is -2.36. The van der Waals surface area contributed by atoms with Crippen LogP contribution in [0.15, 0.2) is 87.5 Å². The molecule has 0 saturated heterocycles. The van der Waals surface area contributed by atoms with E-state index in [1.807, 2.05) is 0 Å². The van der Waals surface area contributed by atoms with E-state index >= 15 is 0 Å². The van der Waals surface area contributed by atoms with E-state index < -0.39 is 68.7 Å². The number of unbranched alkanes of at least 4 members (excludes halogenated alkanes) is 7. The summed E-state index contributed by atoms with van der Waals surface area (Å²) in [6.07, 6.45) is 6.25. The molecule has 0 saturated carbocycles. The molecule has 2 unspecified atom stereocenters. The molecule has 0 aliphatic carbocycles. The number of hydrogen-bond donors (Lipinski definition) is 3. The lowest BCUT2D eigenvalue weighted by atomic mass is 9.80. The van der Waals surface area contributed by atoms with Crippen LogP contribution in [0.5, 0.6) is 17.2 Å². The first-order chi connectivity index (χ1) is 28.7. The summed E-state index contributed by atoms with van der Waals surface area (Å²) < 4.78 is 127. The zero-order valence-electron chi connectivity index (χ0n) is 33.4. The molecule has 0 aromatic heterocycles. The molecule has 3 N–H and O–H groups in total. The van der Waals surface area contributed by atoms with Crippen LogP contribution in [0.2, 0.25) is 0 Å². The standard InChI is InChI=1S/C39H51O18PS3/c1-2-3-4-5-6-7-8-9-10-29(23-26-52-36(40)55-30-11-17-33(18-12-30)59(43,44)45)39(58,24-27-53-37(41)56-31-13-19-34(20-14-31)60(46,47)48)25-28-54-38(42)57-32-15-21-35(22-16-32)61(49,50)51/h11-22,29H,2-10,23-28,58H2,1H3,(H,43,44,45)(H,46,47,48)(H,49,50,51). The van der Waals surface area contributed by atoms with Gasteiger partial charge in [-0.1, -0.05) is 58.3 Å². The zero-order valence-corrected chi connectivity index (χ0v) is 37.0. The summed E-state index contributed by atoms with van der Waals surface area (Å²) in [5, 5.41) is -0.838. The Morgan fingerprint density at radius 3 is 1.15 bits per heavy atom. The molecule has 3 aromatic carbocycles. The fourth-order valence-electron chi connectivity index (χ4n) is 6.13. The topological polar surface area (TPSA) is 270 Å². The maximum absolute atomic E-state index is 12.6. The maximum atomic E-state index is 12.6. The van der Waals surface area contributed by atoms with Gasteiger partial charge in [-0.2, -0.15) is 25.3 Å². The zero-order chi connectivity index (χ0) is 45.1. The lowest BCUT2D eigenvalue weighted by molar-refractivity contribution is 0.0702. The average molecular weight is 935 g/mol. The summed E-state index contributed by atoms with van der Waals surface area (Å²) in [7, 11) is -10.7. The van der Waals surface area contributed by atoms with Crippen molar-refractivity contribution in [3.05, 3.63) is 72.8 Å². The lowest BCUT2D eigenvalue weighted by Gasteiger charge is -2.38. The molecule has 0 amide bonds. The van der Waals surface area contributed by atoms with Crippen molar-refractivity contribution in [2.75, 3.05) is 19.8 Å². The van der Waals surface area contributed by atoms with Gasteiger partial charge in [0.25, 0.3) is 30.4 Å². The van der Waals surface area contributed by atoms with Gasteiger partial charge in [-0.25, -0.2) is 14.4 Å². The van der Waals surface area contributed by atoms with Crippen LogP contribution in [0.4, 0.5) is 14.4 Å². The molecule has 18 nitrogen and oxygen atoms in total. The van der Waals surface area contributed by atoms with Crippen molar-refractivity contribution in [1.82, 2.24) is 0 Å². The smallest absolute Gasteiger partial charge is 0.434 e. The summed E-state index contributed by atoms with van der Waals surface area (Å²) in [5.41, 5.74) is 0. The second kappa shape index (κ2) is 24.3. The largest absolute Gasteiger partial charge is 0.513 e. The summed E-state index contributed by atoms with van der Waals surface area (Å²) in [5.74, 6) is -0.412. The fraction of sp³-hybridized carbons (Fsp3) is 0.462. The van der Waals surface area contributed by atoms with E-state index in [4.69, 9.17) is 28.4 Å². The Bertz CT molecular complexity index is 2100. The highest BCUT2D eigenvalue weighted by atomic mass is 32.2. The number of rotatable bonds is 25. The fourth-order valence-corrected chi connectivity index (χ4v) is 8.14. The molecular weight excluding hydrogens is 884 g/mol. The Balaban J connectivity index is 1.73. The first-order valence-electron chi connectivity index (χ1n) is 19.2. The van der Waals surface area contributed by atoms with Crippen molar-refractivity contribution in [1.29, 1.82) is 0 Å². The van der Waals surface area contributed by atoms with E-state index in [-0.39, 0.29) is 62.2 Å². The summed E-state index contributed by atoms with van der Waals surface area (Å²) in [6, 6.07) is 13.2. The normalized spacial score (nSPS) is 12.5. The van der Waals surface area contributed by atoms with Gasteiger partial charge in [-0.05, 0) is 110 Å². The molecule has 61 heavy (non-hydrogen) atoms. The molecule has 0 aliphatic heterocycles. The Morgan fingerprint density at radius 2 is 0.820 bits per heavy atom. The molecule has 338 valence electrons. The van der Waals surface area contributed by atoms with Crippen LogP contribution in [-0.2, 0) is 44.6 Å². The van der Waals surface area contributed by atoms with Crippen LogP contribution in [0.1, 0.15) is 84.0 Å². The van der Waals surface area contributed by atoms with E-state index in [9.17, 15) is 53.3 Å². The molecule has 0 spiro atoms. The first-order valence-corrected chi connectivity index (χ1v) is 24.1. The highest BCUT2D eigenvalue weighted by Crippen LogP contribution is 2.41. The van der Waals surface area contributed by atoms with Crippen LogP contribution < -0.4 is 14.2 Å². The van der Waals surface area contributed by atoms with Gasteiger partial charge >= 0.3 is 18.5 Å². The van der Waals surface area contributed by atoms with Crippen LogP contribution in [0.25, 0.3) is 0 Å². The Kier molecular flexibility index (Phi) is 20.3. The van der Waals surface area contributed by atoms with Gasteiger partial charge in [0.05, 0.1) is 34.5 Å². The van der Waals surface area contributed by atoms with Crippen molar-refractivity contribution in [2.45, 2.75) is 104 Å². The van der Waals surface area contributed by atoms with Crippen LogP contribution in [0, 0.1) is 5.92 Å². The van der Waals surface area contributed by atoms with Crippen molar-refractivity contribution >= 4 is 58.1 Å². The first kappa shape index (κ1) is 51.0. The van der Waals surface area contributed by atoms with Gasteiger partial charge in [-0.15, -0.1) is 9.24 Å². The van der Waals surface area contributed by atoms with E-state index in [1.165, 1.54) is 18.6 Å². The van der Waals surface area contributed by atoms with Gasteiger partial charge in [0, 0.05) is 0 Å². The van der Waals surface area contributed by atoms with Crippen LogP contribution >= 0.6 is 9.24 Å². The Hall–Kier alpha value is -4.37. The number of hydrogen-bond acceptors (Lipinski definition) is 15. The van der Waals surface area contributed by atoms with Crippen LogP contribution in [-0.4, -0.2) is 82.4 Å². The molecule has 0 bridgehead atoms. The van der Waals surface area contributed by atoms with E-state index in [2.05, 4.69) is 16.2 Å². The summed E-state index contributed by atoms with van der Waals surface area (Å²) in [4.78, 5) is 36.7. The molecule has 0 heterocycles. The van der Waals surface area contributed by atoms with Gasteiger partial charge in [-0.3, -0.25) is 13.7 Å². The maximum Gasteiger partial charge on any atom is 0.513 e. The molecule has 0 fully saturated rings. The van der Waals surface area contributed by atoms with E-state index in [0.717, 1.165) is 106 Å². The minimum absolute atomic E-state index is 0.0369. The molecular formula is C39H51O18PS3. The highest BCUT2D eigenvalue weighted by Gasteiger charge is 2.35. The molecule has 3 rings (SSSR count). The van der Waals surface area contributed by atoms with Crippen LogP contribution in [0.3, 0.4) is 0 Å². The average Bonchev–Trinajstić information content (AvgIpc) is 3.17. The predicted octanol–water partition coefficient (Wildman–Crippen LogP) is 8.30. The monoisotopic (exact) mass is 934 g/mol. The predicted molar refractivity (Wildman–Crippen MR) is 222 cm³/mol. The van der Waals surface area contributed by atoms with Crippen molar-refractivity contribution in [2.24, 2.45) is 5.92 Å². The molecule has 0 aliphatic rings. The molecule has 3 aromatic rings. The Labute approximate surface area is 358 Å². The second-order valence-corrected chi connectivity index (χ2v) is 19.3. The van der Waals surface area contributed by atoms with Gasteiger partial charge < -0.3 is 28.4 Å². The second-order valence-electron chi connectivity index (χ2n) is 13.9. The quantitative estimate of drug-likeness (QED) is 0.0180. The van der Waals surface area contributed by atoms with Crippen molar-refractivity contribution in [3.63, 3.8) is 0 Å². The van der Waals surface area contributed by atoms with Gasteiger partial charge in [0.15, 0.2) is 0 Å². The van der Waals surface area contributed by atoms with Gasteiger partial charge in [0.2, 0.25) is 0 Å². The molecule has 22 heteroatoms. The SMILES string of the molecule is CCCCCCCCCCC(CCOC(=O)Oc1ccc(S(=O)(=O)O)cc1)C(P)(CCOC(=O)Oc1ccc(S(=O)(=O)O)cc1)CCOC(=O)Oc1ccc(S(=O)(=O)O)cc1. The van der Waals surface area contributed by atoms with Gasteiger partial charge in [0.1, 0.15) is 17.2 Å². The highest BCUT2D eigenvalue weighted by molar-refractivity contribution is 7.86.